The zero-order valence-corrected chi connectivity index (χ0v) is 14.9. The Labute approximate surface area is 150 Å². The summed E-state index contributed by atoms with van der Waals surface area (Å²) in [6.07, 6.45) is 0. The number of nitrogens with zero attached hydrogens (tertiary/aromatic N) is 5. The fraction of sp³-hybridized carbons (Fsp3) is 0.222. The van der Waals surface area contributed by atoms with Crippen molar-refractivity contribution in [2.45, 2.75) is 25.0 Å². The van der Waals surface area contributed by atoms with Crippen molar-refractivity contribution in [2.75, 3.05) is 10.7 Å². The van der Waals surface area contributed by atoms with E-state index in [4.69, 9.17) is 0 Å². The number of benzene rings is 2. The van der Waals surface area contributed by atoms with Gasteiger partial charge in [0.25, 0.3) is 0 Å². The average molecular weight is 353 g/mol. The minimum atomic E-state index is 0.0220. The van der Waals surface area contributed by atoms with E-state index in [1.165, 1.54) is 11.8 Å². The van der Waals surface area contributed by atoms with Crippen LogP contribution in [0.5, 0.6) is 0 Å². The summed E-state index contributed by atoms with van der Waals surface area (Å²) in [6.45, 7) is 4.01. The Morgan fingerprint density at radius 1 is 1.08 bits per heavy atom. The van der Waals surface area contributed by atoms with Crippen molar-refractivity contribution in [1.82, 2.24) is 20.2 Å². The third-order valence-electron chi connectivity index (χ3n) is 3.59. The summed E-state index contributed by atoms with van der Waals surface area (Å²) in [5, 5.41) is 12.4. The van der Waals surface area contributed by atoms with Crippen LogP contribution in [0.25, 0.3) is 5.69 Å². The van der Waals surface area contributed by atoms with Crippen molar-refractivity contribution in [1.29, 1.82) is 0 Å². The van der Waals surface area contributed by atoms with Gasteiger partial charge in [0.1, 0.15) is 0 Å². The summed E-state index contributed by atoms with van der Waals surface area (Å²) >= 11 is 1.33. The molecule has 0 atom stereocenters. The molecule has 3 rings (SSSR count). The lowest BCUT2D eigenvalue weighted by atomic mass is 10.2. The third kappa shape index (κ3) is 4.06. The molecule has 0 aliphatic rings. The zero-order valence-electron chi connectivity index (χ0n) is 14.1. The van der Waals surface area contributed by atoms with Gasteiger partial charge in [0.05, 0.1) is 11.4 Å². The molecule has 2 aromatic carbocycles. The number of thioether (sulfide) groups is 1. The highest BCUT2D eigenvalue weighted by atomic mass is 32.2. The lowest BCUT2D eigenvalue weighted by Crippen LogP contribution is -2.38. The Hall–Kier alpha value is -2.67. The van der Waals surface area contributed by atoms with Crippen molar-refractivity contribution < 1.29 is 4.79 Å². The van der Waals surface area contributed by atoms with Crippen LogP contribution in [0.3, 0.4) is 0 Å². The van der Waals surface area contributed by atoms with Crippen LogP contribution in [-0.4, -0.2) is 37.9 Å². The number of carbonyl (C=O) groups is 1. The maximum Gasteiger partial charge on any atom is 0.237 e. The first-order valence-corrected chi connectivity index (χ1v) is 8.99. The molecule has 25 heavy (non-hydrogen) atoms. The van der Waals surface area contributed by atoms with Gasteiger partial charge in [0, 0.05) is 11.7 Å². The van der Waals surface area contributed by atoms with Crippen molar-refractivity contribution in [3.63, 3.8) is 0 Å². The summed E-state index contributed by atoms with van der Waals surface area (Å²) in [4.78, 5) is 14.6. The van der Waals surface area contributed by atoms with E-state index >= 15 is 0 Å². The Kier molecular flexibility index (Phi) is 5.45. The van der Waals surface area contributed by atoms with Crippen LogP contribution in [0.2, 0.25) is 0 Å². The summed E-state index contributed by atoms with van der Waals surface area (Å²) in [6, 6.07) is 19.4. The van der Waals surface area contributed by atoms with Crippen LogP contribution < -0.4 is 4.90 Å². The number of para-hydroxylation sites is 2. The van der Waals surface area contributed by atoms with E-state index in [-0.39, 0.29) is 17.7 Å². The molecule has 0 spiro atoms. The van der Waals surface area contributed by atoms with Crippen LogP contribution in [0, 0.1) is 0 Å². The predicted molar refractivity (Wildman–Crippen MR) is 98.9 cm³/mol. The number of rotatable bonds is 6. The Morgan fingerprint density at radius 3 is 2.36 bits per heavy atom. The molecule has 128 valence electrons. The second kappa shape index (κ2) is 7.94. The fourth-order valence-corrected chi connectivity index (χ4v) is 3.26. The van der Waals surface area contributed by atoms with Gasteiger partial charge in [-0.15, -0.1) is 5.10 Å². The van der Waals surface area contributed by atoms with Crippen molar-refractivity contribution >= 4 is 23.4 Å². The van der Waals surface area contributed by atoms with Gasteiger partial charge in [-0.05, 0) is 48.5 Å². The molecule has 0 aliphatic carbocycles. The number of amides is 1. The van der Waals surface area contributed by atoms with Crippen LogP contribution in [0.1, 0.15) is 13.8 Å². The molecule has 0 saturated carbocycles. The van der Waals surface area contributed by atoms with Crippen LogP contribution in [0.15, 0.2) is 65.8 Å². The molecule has 0 aliphatic heterocycles. The van der Waals surface area contributed by atoms with E-state index in [1.807, 2.05) is 74.5 Å². The monoisotopic (exact) mass is 353 g/mol. The molecule has 0 N–H and O–H groups in total. The Balaban J connectivity index is 1.73. The minimum Gasteiger partial charge on any atom is -0.309 e. The summed E-state index contributed by atoms with van der Waals surface area (Å²) in [5.74, 6) is 0.286. The SMILES string of the molecule is CC(C)N(C(=O)CSc1nnnn1-c1ccccc1)c1ccccc1. The zero-order chi connectivity index (χ0) is 17.6. The normalized spacial score (nSPS) is 10.8. The fourth-order valence-electron chi connectivity index (χ4n) is 2.51. The van der Waals surface area contributed by atoms with E-state index < -0.39 is 0 Å². The molecule has 0 unspecified atom stereocenters. The highest BCUT2D eigenvalue weighted by Gasteiger charge is 2.20. The molecule has 1 heterocycles. The largest absolute Gasteiger partial charge is 0.309 e. The van der Waals surface area contributed by atoms with Crippen LogP contribution in [-0.2, 0) is 4.79 Å². The van der Waals surface area contributed by atoms with E-state index in [0.717, 1.165) is 11.4 Å². The summed E-state index contributed by atoms with van der Waals surface area (Å²) < 4.78 is 1.64. The molecule has 3 aromatic rings. The predicted octanol–water partition coefficient (Wildman–Crippen LogP) is 3.20. The number of anilines is 1. The van der Waals surface area contributed by atoms with E-state index in [2.05, 4.69) is 15.5 Å². The number of tetrazole rings is 1. The first kappa shape index (κ1) is 17.2. The van der Waals surface area contributed by atoms with Gasteiger partial charge in [-0.3, -0.25) is 4.79 Å². The Morgan fingerprint density at radius 2 is 1.72 bits per heavy atom. The molecular formula is C18H19N5OS. The first-order chi connectivity index (χ1) is 12.2. The van der Waals surface area contributed by atoms with Gasteiger partial charge in [0.2, 0.25) is 11.1 Å². The maximum atomic E-state index is 12.8. The second-order valence-corrected chi connectivity index (χ2v) is 6.63. The minimum absolute atomic E-state index is 0.0220. The van der Waals surface area contributed by atoms with Crippen LogP contribution in [0.4, 0.5) is 5.69 Å². The standard InChI is InChI=1S/C18H19N5OS/c1-14(2)22(15-9-5-3-6-10-15)17(24)13-25-18-19-20-21-23(18)16-11-7-4-8-12-16/h3-12,14H,13H2,1-2H3. The van der Waals surface area contributed by atoms with Gasteiger partial charge < -0.3 is 4.90 Å². The highest BCUT2D eigenvalue weighted by molar-refractivity contribution is 7.99. The molecule has 0 saturated heterocycles. The molecule has 1 amide bonds. The first-order valence-electron chi connectivity index (χ1n) is 8.00. The number of aromatic nitrogens is 4. The van der Waals surface area contributed by atoms with Crippen molar-refractivity contribution in [3.8, 4) is 5.69 Å². The van der Waals surface area contributed by atoms with Gasteiger partial charge in [0.15, 0.2) is 0 Å². The maximum absolute atomic E-state index is 12.8. The molecular weight excluding hydrogens is 334 g/mol. The second-order valence-electron chi connectivity index (χ2n) is 5.69. The average Bonchev–Trinajstić information content (AvgIpc) is 3.10. The van der Waals surface area contributed by atoms with E-state index in [0.29, 0.717) is 5.16 Å². The lowest BCUT2D eigenvalue weighted by Gasteiger charge is -2.26. The van der Waals surface area contributed by atoms with E-state index in [1.54, 1.807) is 9.58 Å². The van der Waals surface area contributed by atoms with E-state index in [9.17, 15) is 4.79 Å². The third-order valence-corrected chi connectivity index (χ3v) is 4.49. The lowest BCUT2D eigenvalue weighted by molar-refractivity contribution is -0.116. The van der Waals surface area contributed by atoms with Crippen LogP contribution >= 0.6 is 11.8 Å². The number of hydrogen-bond donors (Lipinski definition) is 0. The quantitative estimate of drug-likeness (QED) is 0.637. The number of carbonyl (C=O) groups excluding carboxylic acids is 1. The molecule has 1 aromatic heterocycles. The topological polar surface area (TPSA) is 63.9 Å². The molecule has 6 nitrogen and oxygen atoms in total. The molecule has 7 heteroatoms. The summed E-state index contributed by atoms with van der Waals surface area (Å²) in [5.41, 5.74) is 1.76. The van der Waals surface area contributed by atoms with Gasteiger partial charge in [-0.2, -0.15) is 4.68 Å². The highest BCUT2D eigenvalue weighted by Crippen LogP contribution is 2.22. The van der Waals surface area contributed by atoms with Crippen molar-refractivity contribution in [2.24, 2.45) is 0 Å². The molecule has 0 fully saturated rings. The van der Waals surface area contributed by atoms with Gasteiger partial charge in [-0.25, -0.2) is 0 Å². The molecule has 0 bridgehead atoms. The van der Waals surface area contributed by atoms with Gasteiger partial charge >= 0.3 is 0 Å². The van der Waals surface area contributed by atoms with Gasteiger partial charge in [-0.1, -0.05) is 48.2 Å². The Bertz CT molecular complexity index is 820. The van der Waals surface area contributed by atoms with Crippen molar-refractivity contribution in [3.05, 3.63) is 60.7 Å². The molecule has 0 radical (unpaired) electrons. The smallest absolute Gasteiger partial charge is 0.237 e. The summed E-state index contributed by atoms with van der Waals surface area (Å²) in [7, 11) is 0. The number of hydrogen-bond acceptors (Lipinski definition) is 5.